The van der Waals surface area contributed by atoms with Crippen molar-refractivity contribution in [2.45, 2.75) is 24.8 Å². The minimum atomic E-state index is -3.78. The lowest BCUT2D eigenvalue weighted by Crippen LogP contribution is -2.14. The zero-order valence-corrected chi connectivity index (χ0v) is 12.0. The van der Waals surface area contributed by atoms with E-state index in [0.29, 0.717) is 12.4 Å². The molecule has 0 aliphatic heterocycles. The van der Waals surface area contributed by atoms with E-state index in [4.69, 9.17) is 9.88 Å². The number of nitrogens with zero attached hydrogens (tertiary/aromatic N) is 2. The summed E-state index contributed by atoms with van der Waals surface area (Å²) in [6, 6.07) is 4.94. The Morgan fingerprint density at radius 1 is 1.40 bits per heavy atom. The van der Waals surface area contributed by atoms with E-state index in [0.717, 1.165) is 18.5 Å². The van der Waals surface area contributed by atoms with Crippen LogP contribution in [0.1, 0.15) is 12.0 Å². The number of ether oxygens (including phenoxy) is 1. The van der Waals surface area contributed by atoms with Gasteiger partial charge in [-0.15, -0.1) is 0 Å². The van der Waals surface area contributed by atoms with Crippen LogP contribution >= 0.6 is 0 Å². The molecule has 2 aromatic rings. The molecule has 1 heterocycles. The fourth-order valence-corrected chi connectivity index (χ4v) is 2.56. The molecule has 1 aromatic carbocycles. The van der Waals surface area contributed by atoms with Gasteiger partial charge in [0.1, 0.15) is 10.6 Å². The molecular weight excluding hydrogens is 278 g/mol. The molecule has 0 aliphatic carbocycles. The van der Waals surface area contributed by atoms with E-state index in [2.05, 4.69) is 4.98 Å². The highest BCUT2D eigenvalue weighted by Gasteiger charge is 2.15. The Hall–Kier alpha value is -1.86. The molecule has 0 aliphatic rings. The van der Waals surface area contributed by atoms with Crippen LogP contribution in [0.3, 0.4) is 0 Å². The minimum Gasteiger partial charge on any atom is -0.492 e. The van der Waals surface area contributed by atoms with Crippen molar-refractivity contribution < 1.29 is 13.2 Å². The van der Waals surface area contributed by atoms with Crippen LogP contribution in [0.5, 0.6) is 5.75 Å². The lowest BCUT2D eigenvalue weighted by atomic mass is 10.2. The van der Waals surface area contributed by atoms with Crippen molar-refractivity contribution in [1.29, 1.82) is 0 Å². The van der Waals surface area contributed by atoms with Crippen molar-refractivity contribution in [2.75, 3.05) is 6.61 Å². The third kappa shape index (κ3) is 3.82. The number of hydrogen-bond donors (Lipinski definition) is 1. The third-order valence-corrected chi connectivity index (χ3v) is 3.72. The average molecular weight is 295 g/mol. The molecule has 108 valence electrons. The molecule has 0 fully saturated rings. The standard InChI is InChI=1S/C13H17N3O3S/c1-11-3-4-12(13(9-11)20(14,17)18)19-8-2-6-16-7-5-15-10-16/h3-5,7,9-10H,2,6,8H2,1H3,(H2,14,17,18). The number of imidazole rings is 1. The first-order valence-corrected chi connectivity index (χ1v) is 7.73. The van der Waals surface area contributed by atoms with E-state index in [1.165, 1.54) is 6.07 Å². The highest BCUT2D eigenvalue weighted by atomic mass is 32.2. The summed E-state index contributed by atoms with van der Waals surface area (Å²) in [4.78, 5) is 3.97. The first-order valence-electron chi connectivity index (χ1n) is 6.19. The normalized spacial score (nSPS) is 11.5. The molecule has 0 saturated carbocycles. The molecule has 7 heteroatoms. The second-order valence-corrected chi connectivity index (χ2v) is 6.03. The molecular formula is C13H17N3O3S. The lowest BCUT2D eigenvalue weighted by molar-refractivity contribution is 0.294. The summed E-state index contributed by atoms with van der Waals surface area (Å²) in [7, 11) is -3.78. The van der Waals surface area contributed by atoms with Gasteiger partial charge in [-0.3, -0.25) is 0 Å². The van der Waals surface area contributed by atoms with Gasteiger partial charge in [0.15, 0.2) is 0 Å². The Morgan fingerprint density at radius 2 is 2.20 bits per heavy atom. The molecule has 0 atom stereocenters. The van der Waals surface area contributed by atoms with Crippen LogP contribution in [-0.2, 0) is 16.6 Å². The van der Waals surface area contributed by atoms with Gasteiger partial charge in [0.2, 0.25) is 10.0 Å². The maximum atomic E-state index is 11.5. The first kappa shape index (κ1) is 14.5. The zero-order chi connectivity index (χ0) is 14.6. The van der Waals surface area contributed by atoms with E-state index in [-0.39, 0.29) is 4.90 Å². The van der Waals surface area contributed by atoms with Crippen LogP contribution < -0.4 is 9.88 Å². The van der Waals surface area contributed by atoms with Crippen molar-refractivity contribution in [3.8, 4) is 5.75 Å². The summed E-state index contributed by atoms with van der Waals surface area (Å²) in [6.07, 6.45) is 6.04. The smallest absolute Gasteiger partial charge is 0.241 e. The van der Waals surface area contributed by atoms with Gasteiger partial charge in [-0.25, -0.2) is 18.5 Å². The quantitative estimate of drug-likeness (QED) is 0.814. The fraction of sp³-hybridized carbons (Fsp3) is 0.308. The monoisotopic (exact) mass is 295 g/mol. The number of aryl methyl sites for hydroxylation is 2. The van der Waals surface area contributed by atoms with E-state index < -0.39 is 10.0 Å². The maximum Gasteiger partial charge on any atom is 0.241 e. The van der Waals surface area contributed by atoms with E-state index >= 15 is 0 Å². The number of hydrogen-bond acceptors (Lipinski definition) is 4. The third-order valence-electron chi connectivity index (χ3n) is 2.78. The second-order valence-electron chi connectivity index (χ2n) is 4.50. The second kappa shape index (κ2) is 6.06. The number of aromatic nitrogens is 2. The summed E-state index contributed by atoms with van der Waals surface area (Å²) in [5, 5.41) is 5.19. The number of sulfonamides is 1. The molecule has 0 spiro atoms. The van der Waals surface area contributed by atoms with Crippen LogP contribution in [0.25, 0.3) is 0 Å². The summed E-state index contributed by atoms with van der Waals surface area (Å²) in [6.45, 7) is 2.97. The zero-order valence-electron chi connectivity index (χ0n) is 11.2. The van der Waals surface area contributed by atoms with Crippen LogP contribution in [0.2, 0.25) is 0 Å². The molecule has 0 amide bonds. The molecule has 20 heavy (non-hydrogen) atoms. The van der Waals surface area contributed by atoms with Crippen LogP contribution in [0.4, 0.5) is 0 Å². The van der Waals surface area contributed by atoms with Gasteiger partial charge in [-0.2, -0.15) is 0 Å². The molecule has 2 N–H and O–H groups in total. The Bertz CT molecular complexity index is 666. The van der Waals surface area contributed by atoms with E-state index in [1.54, 1.807) is 31.6 Å². The number of nitrogens with two attached hydrogens (primary N) is 1. The SMILES string of the molecule is Cc1ccc(OCCCn2ccnc2)c(S(N)(=O)=O)c1. The number of primary sulfonamides is 1. The summed E-state index contributed by atoms with van der Waals surface area (Å²) >= 11 is 0. The van der Waals surface area contributed by atoms with E-state index in [1.807, 2.05) is 10.8 Å². The molecule has 0 unspecified atom stereocenters. The lowest BCUT2D eigenvalue weighted by Gasteiger charge is -2.11. The molecule has 0 saturated heterocycles. The van der Waals surface area contributed by atoms with Gasteiger partial charge in [0.05, 0.1) is 12.9 Å². The molecule has 1 aromatic heterocycles. The highest BCUT2D eigenvalue weighted by Crippen LogP contribution is 2.24. The van der Waals surface area contributed by atoms with Crippen molar-refractivity contribution in [2.24, 2.45) is 5.14 Å². The average Bonchev–Trinajstić information content (AvgIpc) is 2.88. The molecule has 6 nitrogen and oxygen atoms in total. The fourth-order valence-electron chi connectivity index (χ4n) is 1.81. The van der Waals surface area contributed by atoms with Crippen molar-refractivity contribution in [3.05, 3.63) is 42.5 Å². The minimum absolute atomic E-state index is 0.0279. The Labute approximate surface area is 118 Å². The summed E-state index contributed by atoms with van der Waals surface area (Å²) in [5.74, 6) is 0.295. The van der Waals surface area contributed by atoms with Gasteiger partial charge in [0.25, 0.3) is 0 Å². The predicted octanol–water partition coefficient (Wildman–Crippen LogP) is 1.31. The van der Waals surface area contributed by atoms with E-state index in [9.17, 15) is 8.42 Å². The first-order chi connectivity index (χ1) is 9.47. The van der Waals surface area contributed by atoms with Gasteiger partial charge < -0.3 is 9.30 Å². The molecule has 0 bridgehead atoms. The van der Waals surface area contributed by atoms with Crippen molar-refractivity contribution in [1.82, 2.24) is 9.55 Å². The van der Waals surface area contributed by atoms with Crippen LogP contribution in [0.15, 0.2) is 41.8 Å². The van der Waals surface area contributed by atoms with Gasteiger partial charge >= 0.3 is 0 Å². The number of rotatable bonds is 6. The van der Waals surface area contributed by atoms with Crippen LogP contribution in [0, 0.1) is 6.92 Å². The molecule has 0 radical (unpaired) electrons. The largest absolute Gasteiger partial charge is 0.492 e. The van der Waals surface area contributed by atoms with Crippen molar-refractivity contribution in [3.63, 3.8) is 0 Å². The Kier molecular flexibility index (Phi) is 4.41. The highest BCUT2D eigenvalue weighted by molar-refractivity contribution is 7.89. The van der Waals surface area contributed by atoms with Gasteiger partial charge in [-0.05, 0) is 31.0 Å². The molecule has 2 rings (SSSR count). The van der Waals surface area contributed by atoms with Crippen LogP contribution in [-0.4, -0.2) is 24.6 Å². The summed E-state index contributed by atoms with van der Waals surface area (Å²) < 4.78 is 30.5. The van der Waals surface area contributed by atoms with Gasteiger partial charge in [-0.1, -0.05) is 6.07 Å². The summed E-state index contributed by atoms with van der Waals surface area (Å²) in [5.41, 5.74) is 0.819. The predicted molar refractivity (Wildman–Crippen MR) is 74.9 cm³/mol. The van der Waals surface area contributed by atoms with Gasteiger partial charge in [0, 0.05) is 18.9 Å². The Balaban J connectivity index is 1.99. The number of benzene rings is 1. The maximum absolute atomic E-state index is 11.5. The van der Waals surface area contributed by atoms with Crippen molar-refractivity contribution >= 4 is 10.0 Å². The Morgan fingerprint density at radius 3 is 2.85 bits per heavy atom. The topological polar surface area (TPSA) is 87.2 Å².